The van der Waals surface area contributed by atoms with Crippen LogP contribution in [0, 0.1) is 5.82 Å². The van der Waals surface area contributed by atoms with Gasteiger partial charge in [0.1, 0.15) is 5.82 Å². The molecule has 1 heterocycles. The van der Waals surface area contributed by atoms with Gasteiger partial charge in [0.25, 0.3) is 5.56 Å². The van der Waals surface area contributed by atoms with E-state index in [0.717, 1.165) is 23.2 Å². The van der Waals surface area contributed by atoms with Gasteiger partial charge in [-0.2, -0.15) is 0 Å². The summed E-state index contributed by atoms with van der Waals surface area (Å²) in [5, 5.41) is 3.84. The molecular formula is C25H22FN3O2S. The number of benzene rings is 3. The zero-order valence-electron chi connectivity index (χ0n) is 17.5. The number of nitrogens with zero attached hydrogens (tertiary/aromatic N) is 2. The summed E-state index contributed by atoms with van der Waals surface area (Å²) in [6.45, 7) is 2.29. The lowest BCUT2D eigenvalue weighted by molar-refractivity contribution is -0.113. The summed E-state index contributed by atoms with van der Waals surface area (Å²) in [4.78, 5) is 30.3. The fourth-order valence-corrected chi connectivity index (χ4v) is 4.16. The van der Waals surface area contributed by atoms with Gasteiger partial charge < -0.3 is 5.32 Å². The number of nitrogens with one attached hydrogen (secondary N) is 1. The van der Waals surface area contributed by atoms with E-state index < -0.39 is 0 Å². The molecule has 32 heavy (non-hydrogen) atoms. The Hall–Kier alpha value is -3.45. The average molecular weight is 448 g/mol. The van der Waals surface area contributed by atoms with Gasteiger partial charge in [-0.25, -0.2) is 9.37 Å². The molecule has 1 N–H and O–H groups in total. The standard InChI is InChI=1S/C25H22FN3O2S/c1-2-17-6-5-7-20(14-17)27-23(30)16-32-25-28-22-9-4-3-8-21(22)24(31)29(25)15-18-10-12-19(26)13-11-18/h3-14H,2,15-16H2,1H3,(H,27,30). The van der Waals surface area contributed by atoms with Crippen LogP contribution in [0.5, 0.6) is 0 Å². The van der Waals surface area contributed by atoms with Gasteiger partial charge in [0, 0.05) is 5.69 Å². The van der Waals surface area contributed by atoms with E-state index in [1.807, 2.05) is 30.3 Å². The van der Waals surface area contributed by atoms with Crippen molar-refractivity contribution in [2.24, 2.45) is 0 Å². The molecule has 0 spiro atoms. The minimum atomic E-state index is -0.337. The second kappa shape index (κ2) is 9.78. The van der Waals surface area contributed by atoms with Gasteiger partial charge in [0.2, 0.25) is 5.91 Å². The number of aryl methyl sites for hydroxylation is 1. The fraction of sp³-hybridized carbons (Fsp3) is 0.160. The largest absolute Gasteiger partial charge is 0.325 e. The van der Waals surface area contributed by atoms with Crippen LogP contribution in [0.4, 0.5) is 10.1 Å². The number of carbonyl (C=O) groups is 1. The van der Waals surface area contributed by atoms with Crippen LogP contribution in [0.3, 0.4) is 0 Å². The third kappa shape index (κ3) is 5.06. The number of hydrogen-bond donors (Lipinski definition) is 1. The number of hydrogen-bond acceptors (Lipinski definition) is 4. The number of aromatic nitrogens is 2. The Bertz CT molecular complexity index is 1320. The molecule has 3 aromatic carbocycles. The normalized spacial score (nSPS) is 10.9. The second-order valence-electron chi connectivity index (χ2n) is 7.32. The first-order valence-electron chi connectivity index (χ1n) is 10.3. The number of fused-ring (bicyclic) bond motifs is 1. The van der Waals surface area contributed by atoms with Crippen LogP contribution in [0.1, 0.15) is 18.1 Å². The number of carbonyl (C=O) groups excluding carboxylic acids is 1. The molecule has 4 rings (SSSR count). The molecular weight excluding hydrogens is 425 g/mol. The zero-order chi connectivity index (χ0) is 22.5. The van der Waals surface area contributed by atoms with Crippen LogP contribution in [-0.4, -0.2) is 21.2 Å². The lowest BCUT2D eigenvalue weighted by Gasteiger charge is -2.13. The van der Waals surface area contributed by atoms with Gasteiger partial charge in [-0.05, 0) is 53.9 Å². The SMILES string of the molecule is CCc1cccc(NC(=O)CSc2nc3ccccc3c(=O)n2Cc2ccc(F)cc2)c1. The van der Waals surface area contributed by atoms with Crippen molar-refractivity contribution in [1.29, 1.82) is 0 Å². The number of rotatable bonds is 7. The maximum absolute atomic E-state index is 13.3. The lowest BCUT2D eigenvalue weighted by atomic mass is 10.1. The number of amides is 1. The molecule has 0 saturated carbocycles. The number of halogens is 1. The van der Waals surface area contributed by atoms with Crippen molar-refractivity contribution in [2.45, 2.75) is 25.0 Å². The summed E-state index contributed by atoms with van der Waals surface area (Å²) >= 11 is 1.20. The molecule has 0 radical (unpaired) electrons. The summed E-state index contributed by atoms with van der Waals surface area (Å²) in [6.07, 6.45) is 0.884. The Morgan fingerprint density at radius 2 is 1.81 bits per heavy atom. The molecule has 0 aliphatic heterocycles. The third-order valence-corrected chi connectivity index (χ3v) is 6.01. The van der Waals surface area contributed by atoms with E-state index in [4.69, 9.17) is 0 Å². The van der Waals surface area contributed by atoms with E-state index in [0.29, 0.717) is 16.1 Å². The van der Waals surface area contributed by atoms with Crippen LogP contribution in [0.2, 0.25) is 0 Å². The molecule has 0 atom stereocenters. The predicted octanol–water partition coefficient (Wildman–Crippen LogP) is 4.88. The topological polar surface area (TPSA) is 64.0 Å². The first kappa shape index (κ1) is 21.8. The molecule has 0 saturated heterocycles. The molecule has 162 valence electrons. The maximum Gasteiger partial charge on any atom is 0.262 e. The van der Waals surface area contributed by atoms with Crippen LogP contribution >= 0.6 is 11.8 Å². The van der Waals surface area contributed by atoms with Gasteiger partial charge in [-0.15, -0.1) is 0 Å². The highest BCUT2D eigenvalue weighted by atomic mass is 32.2. The third-order valence-electron chi connectivity index (χ3n) is 5.03. The summed E-state index contributed by atoms with van der Waals surface area (Å²) < 4.78 is 14.8. The van der Waals surface area contributed by atoms with Crippen LogP contribution in [-0.2, 0) is 17.8 Å². The summed E-state index contributed by atoms with van der Waals surface area (Å²) in [5.41, 5.74) is 3.03. The maximum atomic E-state index is 13.3. The van der Waals surface area contributed by atoms with Crippen molar-refractivity contribution in [2.75, 3.05) is 11.1 Å². The molecule has 0 aliphatic rings. The summed E-state index contributed by atoms with van der Waals surface area (Å²) in [7, 11) is 0. The van der Waals surface area contributed by atoms with E-state index >= 15 is 0 Å². The predicted molar refractivity (Wildman–Crippen MR) is 127 cm³/mol. The molecule has 0 aliphatic carbocycles. The first-order chi connectivity index (χ1) is 15.5. The molecule has 1 aromatic heterocycles. The summed E-state index contributed by atoms with van der Waals surface area (Å²) in [5.74, 6) is -0.417. The molecule has 1 amide bonds. The molecule has 0 fully saturated rings. The average Bonchev–Trinajstić information content (AvgIpc) is 2.81. The molecule has 0 unspecified atom stereocenters. The van der Waals surface area contributed by atoms with Crippen molar-refractivity contribution in [3.63, 3.8) is 0 Å². The molecule has 7 heteroatoms. The summed E-state index contributed by atoms with van der Waals surface area (Å²) in [6, 6.07) is 20.8. The van der Waals surface area contributed by atoms with Crippen molar-refractivity contribution in [1.82, 2.24) is 9.55 Å². The number of thioether (sulfide) groups is 1. The Kier molecular flexibility index (Phi) is 6.66. The number of para-hydroxylation sites is 1. The Morgan fingerprint density at radius 3 is 2.59 bits per heavy atom. The zero-order valence-corrected chi connectivity index (χ0v) is 18.4. The van der Waals surface area contributed by atoms with Gasteiger partial charge >= 0.3 is 0 Å². The van der Waals surface area contributed by atoms with Crippen molar-refractivity contribution in [3.8, 4) is 0 Å². The second-order valence-corrected chi connectivity index (χ2v) is 8.26. The van der Waals surface area contributed by atoms with Gasteiger partial charge in [-0.1, -0.05) is 55.1 Å². The lowest BCUT2D eigenvalue weighted by Crippen LogP contribution is -2.25. The highest BCUT2D eigenvalue weighted by Crippen LogP contribution is 2.20. The molecule has 0 bridgehead atoms. The van der Waals surface area contributed by atoms with Crippen LogP contribution < -0.4 is 10.9 Å². The van der Waals surface area contributed by atoms with E-state index in [1.165, 1.54) is 28.5 Å². The van der Waals surface area contributed by atoms with Crippen LogP contribution in [0.25, 0.3) is 10.9 Å². The van der Waals surface area contributed by atoms with Gasteiger partial charge in [0.15, 0.2) is 5.16 Å². The Morgan fingerprint density at radius 1 is 1.03 bits per heavy atom. The van der Waals surface area contributed by atoms with E-state index in [1.54, 1.807) is 30.3 Å². The quantitative estimate of drug-likeness (QED) is 0.324. The fourth-order valence-electron chi connectivity index (χ4n) is 3.37. The highest BCUT2D eigenvalue weighted by Gasteiger charge is 2.14. The Balaban J connectivity index is 1.59. The molecule has 4 aromatic rings. The van der Waals surface area contributed by atoms with E-state index in [-0.39, 0.29) is 29.6 Å². The van der Waals surface area contributed by atoms with Crippen LogP contribution in [0.15, 0.2) is 82.7 Å². The van der Waals surface area contributed by atoms with E-state index in [2.05, 4.69) is 17.2 Å². The van der Waals surface area contributed by atoms with Crippen molar-refractivity contribution < 1.29 is 9.18 Å². The molecule has 5 nitrogen and oxygen atoms in total. The van der Waals surface area contributed by atoms with Crippen molar-refractivity contribution in [3.05, 3.63) is 100 Å². The van der Waals surface area contributed by atoms with Gasteiger partial charge in [-0.3, -0.25) is 14.2 Å². The monoisotopic (exact) mass is 447 g/mol. The smallest absolute Gasteiger partial charge is 0.262 e. The van der Waals surface area contributed by atoms with E-state index in [9.17, 15) is 14.0 Å². The van der Waals surface area contributed by atoms with Gasteiger partial charge in [0.05, 0.1) is 23.2 Å². The highest BCUT2D eigenvalue weighted by molar-refractivity contribution is 7.99. The first-order valence-corrected chi connectivity index (χ1v) is 11.3. The minimum Gasteiger partial charge on any atom is -0.325 e. The number of anilines is 1. The van der Waals surface area contributed by atoms with Crippen molar-refractivity contribution >= 4 is 34.3 Å². The Labute approximate surface area is 189 Å². The minimum absolute atomic E-state index is 0.102.